The van der Waals surface area contributed by atoms with E-state index >= 15 is 0 Å². The number of amides is 2. The highest BCUT2D eigenvalue weighted by molar-refractivity contribution is 7.15. The van der Waals surface area contributed by atoms with Gasteiger partial charge in [0.25, 0.3) is 5.91 Å². The molecule has 2 amide bonds. The summed E-state index contributed by atoms with van der Waals surface area (Å²) in [6, 6.07) is 1.76. The molecule has 0 radical (unpaired) electrons. The zero-order valence-electron chi connectivity index (χ0n) is 12.8. The Balaban J connectivity index is 1.45. The van der Waals surface area contributed by atoms with Gasteiger partial charge < -0.3 is 15.5 Å². The van der Waals surface area contributed by atoms with E-state index in [-0.39, 0.29) is 18.2 Å². The van der Waals surface area contributed by atoms with Crippen molar-refractivity contribution in [3.05, 3.63) is 33.0 Å². The lowest BCUT2D eigenvalue weighted by Crippen LogP contribution is -2.27. The number of likely N-dealkylation sites (N-methyl/N-ethyl adjacent to an activating group) is 1. The molecule has 23 heavy (non-hydrogen) atoms. The maximum absolute atomic E-state index is 12.0. The number of hydrogen-bond acceptors (Lipinski definition) is 6. The number of carbonyl (C=O) groups excluding carboxylic acids is 2. The van der Waals surface area contributed by atoms with Gasteiger partial charge in [0.05, 0.1) is 5.69 Å². The topological polar surface area (TPSA) is 74.3 Å². The summed E-state index contributed by atoms with van der Waals surface area (Å²) in [4.78, 5) is 31.7. The maximum atomic E-state index is 12.0. The SMILES string of the molecule is CN1CCc2nc(NC(=O)CCNC(=O)c3ccsc3)sc2C1. The number of aromatic nitrogens is 1. The van der Waals surface area contributed by atoms with Gasteiger partial charge in [-0.1, -0.05) is 0 Å². The lowest BCUT2D eigenvalue weighted by Gasteiger charge is -2.20. The quantitative estimate of drug-likeness (QED) is 0.864. The molecule has 1 aliphatic heterocycles. The van der Waals surface area contributed by atoms with Crippen molar-refractivity contribution in [3.8, 4) is 0 Å². The number of nitrogens with zero attached hydrogens (tertiary/aromatic N) is 2. The molecule has 2 aromatic rings. The fourth-order valence-corrected chi connectivity index (χ4v) is 4.08. The smallest absolute Gasteiger partial charge is 0.252 e. The van der Waals surface area contributed by atoms with Crippen LogP contribution in [0.5, 0.6) is 0 Å². The first kappa shape index (κ1) is 16.1. The van der Waals surface area contributed by atoms with Gasteiger partial charge in [-0.2, -0.15) is 11.3 Å². The zero-order chi connectivity index (χ0) is 16.2. The Morgan fingerprint density at radius 3 is 3.09 bits per heavy atom. The second-order valence-electron chi connectivity index (χ2n) is 5.44. The number of thiazole rings is 1. The number of carbonyl (C=O) groups is 2. The normalized spacial score (nSPS) is 14.3. The van der Waals surface area contributed by atoms with E-state index in [9.17, 15) is 9.59 Å². The van der Waals surface area contributed by atoms with Crippen molar-refractivity contribution < 1.29 is 9.59 Å². The standard InChI is InChI=1S/C15H18N4O2S2/c1-19-6-3-11-12(8-19)23-15(17-11)18-13(20)2-5-16-14(21)10-4-7-22-9-10/h4,7,9H,2-3,5-6,8H2,1H3,(H,16,21)(H,17,18,20). The van der Waals surface area contributed by atoms with Gasteiger partial charge in [-0.15, -0.1) is 11.3 Å². The third kappa shape index (κ3) is 4.15. The van der Waals surface area contributed by atoms with E-state index in [4.69, 9.17) is 0 Å². The van der Waals surface area contributed by atoms with Gasteiger partial charge in [0.15, 0.2) is 5.13 Å². The third-order valence-corrected chi connectivity index (χ3v) is 5.27. The molecule has 6 nitrogen and oxygen atoms in total. The van der Waals surface area contributed by atoms with Gasteiger partial charge in [0.2, 0.25) is 5.91 Å². The first-order valence-electron chi connectivity index (χ1n) is 7.39. The molecule has 0 aromatic carbocycles. The van der Waals surface area contributed by atoms with Gasteiger partial charge in [0.1, 0.15) is 0 Å². The molecular formula is C15H18N4O2S2. The number of hydrogen-bond donors (Lipinski definition) is 2. The molecule has 122 valence electrons. The lowest BCUT2D eigenvalue weighted by molar-refractivity contribution is -0.116. The summed E-state index contributed by atoms with van der Waals surface area (Å²) < 4.78 is 0. The van der Waals surface area contributed by atoms with E-state index in [0.29, 0.717) is 17.2 Å². The number of thiophene rings is 1. The van der Waals surface area contributed by atoms with Gasteiger partial charge in [-0.3, -0.25) is 9.59 Å². The van der Waals surface area contributed by atoms with E-state index in [1.807, 2.05) is 5.38 Å². The molecule has 0 bridgehead atoms. The highest BCUT2D eigenvalue weighted by atomic mass is 32.1. The number of fused-ring (bicyclic) bond motifs is 1. The Kier molecular flexibility index (Phi) is 5.04. The van der Waals surface area contributed by atoms with E-state index in [1.54, 1.807) is 11.4 Å². The fraction of sp³-hybridized carbons (Fsp3) is 0.400. The van der Waals surface area contributed by atoms with Crippen LogP contribution in [0.1, 0.15) is 27.3 Å². The molecule has 0 unspecified atom stereocenters. The molecule has 1 aliphatic rings. The van der Waals surface area contributed by atoms with Gasteiger partial charge in [-0.25, -0.2) is 4.98 Å². The third-order valence-electron chi connectivity index (χ3n) is 3.59. The number of nitrogens with one attached hydrogen (secondary N) is 2. The van der Waals surface area contributed by atoms with Crippen molar-refractivity contribution in [1.82, 2.24) is 15.2 Å². The van der Waals surface area contributed by atoms with E-state index < -0.39 is 0 Å². The second-order valence-corrected chi connectivity index (χ2v) is 7.31. The van der Waals surface area contributed by atoms with Crippen LogP contribution in [0.4, 0.5) is 5.13 Å². The van der Waals surface area contributed by atoms with Crippen LogP contribution in [0.15, 0.2) is 16.8 Å². The minimum Gasteiger partial charge on any atom is -0.351 e. The summed E-state index contributed by atoms with van der Waals surface area (Å²) in [6.45, 7) is 2.20. The summed E-state index contributed by atoms with van der Waals surface area (Å²) in [5, 5.41) is 9.85. The van der Waals surface area contributed by atoms with Crippen LogP contribution < -0.4 is 10.6 Å². The average Bonchev–Trinajstić information content (AvgIpc) is 3.15. The molecule has 2 aromatic heterocycles. The molecule has 0 aliphatic carbocycles. The average molecular weight is 350 g/mol. The van der Waals surface area contributed by atoms with Crippen LogP contribution in [-0.4, -0.2) is 41.8 Å². The Morgan fingerprint density at radius 1 is 1.43 bits per heavy atom. The molecular weight excluding hydrogens is 332 g/mol. The van der Waals surface area contributed by atoms with E-state index in [1.165, 1.54) is 27.6 Å². The highest BCUT2D eigenvalue weighted by Crippen LogP contribution is 2.27. The molecule has 2 N–H and O–H groups in total. The molecule has 8 heteroatoms. The molecule has 0 atom stereocenters. The Morgan fingerprint density at radius 2 is 2.30 bits per heavy atom. The van der Waals surface area contributed by atoms with Crippen molar-refractivity contribution in [2.45, 2.75) is 19.4 Å². The van der Waals surface area contributed by atoms with Crippen LogP contribution in [0.3, 0.4) is 0 Å². The monoisotopic (exact) mass is 350 g/mol. The number of anilines is 1. The van der Waals surface area contributed by atoms with Crippen LogP contribution in [0.25, 0.3) is 0 Å². The summed E-state index contributed by atoms with van der Waals surface area (Å²) in [5.41, 5.74) is 1.72. The van der Waals surface area contributed by atoms with E-state index in [0.717, 1.165) is 25.2 Å². The first-order valence-corrected chi connectivity index (χ1v) is 9.15. The van der Waals surface area contributed by atoms with Gasteiger partial charge in [0, 0.05) is 48.3 Å². The number of rotatable bonds is 5. The second kappa shape index (κ2) is 7.20. The van der Waals surface area contributed by atoms with Gasteiger partial charge >= 0.3 is 0 Å². The molecule has 0 spiro atoms. The highest BCUT2D eigenvalue weighted by Gasteiger charge is 2.19. The largest absolute Gasteiger partial charge is 0.351 e. The molecule has 0 saturated carbocycles. The fourth-order valence-electron chi connectivity index (χ4n) is 2.34. The Labute approximate surface area is 142 Å². The summed E-state index contributed by atoms with van der Waals surface area (Å²) >= 11 is 3.01. The zero-order valence-corrected chi connectivity index (χ0v) is 14.4. The maximum Gasteiger partial charge on any atom is 0.252 e. The van der Waals surface area contributed by atoms with Crippen molar-refractivity contribution in [3.63, 3.8) is 0 Å². The minimum atomic E-state index is -0.146. The van der Waals surface area contributed by atoms with Crippen LogP contribution in [0.2, 0.25) is 0 Å². The molecule has 3 heterocycles. The van der Waals surface area contributed by atoms with Crippen molar-refractivity contribution in [1.29, 1.82) is 0 Å². The van der Waals surface area contributed by atoms with Crippen LogP contribution in [-0.2, 0) is 17.8 Å². The molecule has 0 fully saturated rings. The summed E-state index contributed by atoms with van der Waals surface area (Å²) in [5.74, 6) is -0.276. The van der Waals surface area contributed by atoms with Crippen molar-refractivity contribution in [2.75, 3.05) is 25.5 Å². The van der Waals surface area contributed by atoms with Crippen LogP contribution in [0, 0.1) is 0 Å². The van der Waals surface area contributed by atoms with Crippen LogP contribution >= 0.6 is 22.7 Å². The van der Waals surface area contributed by atoms with E-state index in [2.05, 4.69) is 27.6 Å². The molecule has 3 rings (SSSR count). The molecule has 0 saturated heterocycles. The Bertz CT molecular complexity index is 696. The van der Waals surface area contributed by atoms with Crippen molar-refractivity contribution in [2.24, 2.45) is 0 Å². The van der Waals surface area contributed by atoms with Gasteiger partial charge in [-0.05, 0) is 18.5 Å². The Hall–Kier alpha value is -1.77. The minimum absolute atomic E-state index is 0.130. The summed E-state index contributed by atoms with van der Waals surface area (Å²) in [7, 11) is 2.08. The first-order chi connectivity index (χ1) is 11.1. The lowest BCUT2D eigenvalue weighted by atomic mass is 10.2. The predicted molar refractivity (Wildman–Crippen MR) is 92.1 cm³/mol. The summed E-state index contributed by atoms with van der Waals surface area (Å²) in [6.07, 6.45) is 1.16. The predicted octanol–water partition coefficient (Wildman–Crippen LogP) is 1.95. The van der Waals surface area contributed by atoms with Crippen molar-refractivity contribution >= 4 is 39.6 Å².